The molecular formula is C29H29NO4. The number of aromatic carboxylic acids is 1. The van der Waals surface area contributed by atoms with E-state index in [1.54, 1.807) is 11.0 Å². The van der Waals surface area contributed by atoms with Crippen molar-refractivity contribution >= 4 is 17.6 Å². The van der Waals surface area contributed by atoms with Gasteiger partial charge in [-0.3, -0.25) is 4.79 Å². The number of allylic oxidation sites excluding steroid dienone is 4. The first-order valence-corrected chi connectivity index (χ1v) is 11.9. The molecule has 0 heterocycles. The lowest BCUT2D eigenvalue weighted by Gasteiger charge is -2.30. The number of carbonyl (C=O) groups is 2. The van der Waals surface area contributed by atoms with Gasteiger partial charge in [0.2, 0.25) is 5.91 Å². The van der Waals surface area contributed by atoms with Crippen LogP contribution in [-0.2, 0) is 11.3 Å². The van der Waals surface area contributed by atoms with E-state index in [2.05, 4.69) is 17.9 Å². The summed E-state index contributed by atoms with van der Waals surface area (Å²) in [5, 5.41) is 19.4. The smallest absolute Gasteiger partial charge is 0.339 e. The van der Waals surface area contributed by atoms with Crippen molar-refractivity contribution in [2.24, 2.45) is 5.92 Å². The Kier molecular flexibility index (Phi) is 7.49. The Hall–Kier alpha value is -3.78. The third kappa shape index (κ3) is 5.77. The molecule has 5 nitrogen and oxygen atoms in total. The van der Waals surface area contributed by atoms with E-state index in [0.717, 1.165) is 61.6 Å². The summed E-state index contributed by atoms with van der Waals surface area (Å²) in [5.41, 5.74) is 3.22. The second kappa shape index (κ2) is 10.9. The predicted molar refractivity (Wildman–Crippen MR) is 133 cm³/mol. The number of amides is 1. The van der Waals surface area contributed by atoms with Gasteiger partial charge in [0.25, 0.3) is 0 Å². The number of benzene rings is 2. The normalized spacial score (nSPS) is 15.7. The molecule has 5 heteroatoms. The average molecular weight is 456 g/mol. The molecule has 1 amide bonds. The summed E-state index contributed by atoms with van der Waals surface area (Å²) in [6, 6.07) is 12.1. The molecule has 0 saturated heterocycles. The van der Waals surface area contributed by atoms with Crippen LogP contribution in [0.25, 0.3) is 0 Å². The highest BCUT2D eigenvalue weighted by molar-refractivity contribution is 5.98. The second-order valence-corrected chi connectivity index (χ2v) is 8.87. The average Bonchev–Trinajstić information content (AvgIpc) is 2.88. The standard InChI is InChI=1S/C29H29NO4/c31-27-18-17-25(19-26(27)29(33)34)30(28(32)24-9-5-2-6-10-24)20-23-15-13-22(14-16-23)12-11-21-7-3-1-4-8-21/h1,3,7,13-19,24,31H,2,4-6,8-10,20H2,(H,33,34). The van der Waals surface area contributed by atoms with Gasteiger partial charge in [-0.25, -0.2) is 4.79 Å². The molecule has 0 unspecified atom stereocenters. The molecule has 1 saturated carbocycles. The van der Waals surface area contributed by atoms with Gasteiger partial charge < -0.3 is 15.1 Å². The van der Waals surface area contributed by atoms with Crippen LogP contribution < -0.4 is 4.90 Å². The SMILES string of the molecule is O=C(O)c1cc(N(Cc2ccc(C#CC3=CC=CCC3)cc2)C(=O)C2CCCCC2)ccc1O. The van der Waals surface area contributed by atoms with E-state index >= 15 is 0 Å². The van der Waals surface area contributed by atoms with Gasteiger partial charge in [0, 0.05) is 22.7 Å². The molecule has 1 fully saturated rings. The molecule has 2 aliphatic carbocycles. The van der Waals surface area contributed by atoms with Crippen LogP contribution in [0.4, 0.5) is 5.69 Å². The molecule has 0 bridgehead atoms. The van der Waals surface area contributed by atoms with Crippen LogP contribution in [0.1, 0.15) is 66.4 Å². The lowest BCUT2D eigenvalue weighted by atomic mass is 9.88. The topological polar surface area (TPSA) is 77.8 Å². The molecule has 0 aromatic heterocycles. The zero-order valence-electron chi connectivity index (χ0n) is 19.2. The Morgan fingerprint density at radius 1 is 1.00 bits per heavy atom. The second-order valence-electron chi connectivity index (χ2n) is 8.87. The van der Waals surface area contributed by atoms with Crippen molar-refractivity contribution < 1.29 is 19.8 Å². The van der Waals surface area contributed by atoms with E-state index in [1.807, 2.05) is 36.4 Å². The van der Waals surface area contributed by atoms with E-state index < -0.39 is 5.97 Å². The number of carboxylic acids is 1. The number of hydrogen-bond acceptors (Lipinski definition) is 3. The fourth-order valence-corrected chi connectivity index (χ4v) is 4.46. The Bertz CT molecular complexity index is 1170. The third-order valence-corrected chi connectivity index (χ3v) is 6.42. The number of phenols is 1. The van der Waals surface area contributed by atoms with Crippen LogP contribution >= 0.6 is 0 Å². The van der Waals surface area contributed by atoms with E-state index in [1.165, 1.54) is 12.1 Å². The Labute approximate surface area is 200 Å². The van der Waals surface area contributed by atoms with Crippen LogP contribution in [0.2, 0.25) is 0 Å². The van der Waals surface area contributed by atoms with Crippen molar-refractivity contribution in [3.8, 4) is 17.6 Å². The molecule has 0 spiro atoms. The van der Waals surface area contributed by atoms with Crippen molar-refractivity contribution in [1.29, 1.82) is 0 Å². The number of nitrogens with zero attached hydrogens (tertiary/aromatic N) is 1. The Balaban J connectivity index is 1.58. The van der Waals surface area contributed by atoms with E-state index in [9.17, 15) is 19.8 Å². The fraction of sp³-hybridized carbons (Fsp3) is 0.310. The number of carbonyl (C=O) groups excluding carboxylic acids is 1. The molecular weight excluding hydrogens is 426 g/mol. The highest BCUT2D eigenvalue weighted by atomic mass is 16.4. The van der Waals surface area contributed by atoms with Crippen LogP contribution in [0, 0.1) is 17.8 Å². The first-order valence-electron chi connectivity index (χ1n) is 11.9. The van der Waals surface area contributed by atoms with Gasteiger partial charge in [-0.2, -0.15) is 0 Å². The summed E-state index contributed by atoms with van der Waals surface area (Å²) >= 11 is 0. The number of carboxylic acid groups (broad SMARTS) is 1. The van der Waals surface area contributed by atoms with Gasteiger partial charge in [-0.05, 0) is 61.6 Å². The number of anilines is 1. The summed E-state index contributed by atoms with van der Waals surface area (Å²) in [6.45, 7) is 0.322. The lowest BCUT2D eigenvalue weighted by Crippen LogP contribution is -2.36. The largest absolute Gasteiger partial charge is 0.507 e. The molecule has 2 aromatic rings. The predicted octanol–water partition coefficient (Wildman–Crippen LogP) is 5.83. The zero-order chi connectivity index (χ0) is 23.9. The van der Waals surface area contributed by atoms with Gasteiger partial charge in [0.1, 0.15) is 11.3 Å². The molecule has 2 N–H and O–H groups in total. The third-order valence-electron chi connectivity index (χ3n) is 6.42. The van der Waals surface area contributed by atoms with E-state index in [0.29, 0.717) is 12.2 Å². The van der Waals surface area contributed by atoms with E-state index in [-0.39, 0.29) is 23.1 Å². The van der Waals surface area contributed by atoms with Gasteiger partial charge >= 0.3 is 5.97 Å². The molecule has 0 aliphatic heterocycles. The van der Waals surface area contributed by atoms with Crippen LogP contribution in [-0.4, -0.2) is 22.1 Å². The first kappa shape index (κ1) is 23.4. The maximum Gasteiger partial charge on any atom is 0.339 e. The Morgan fingerprint density at radius 3 is 2.44 bits per heavy atom. The minimum absolute atomic E-state index is 0.00267. The highest BCUT2D eigenvalue weighted by Crippen LogP contribution is 2.31. The Morgan fingerprint density at radius 2 is 1.76 bits per heavy atom. The van der Waals surface area contributed by atoms with Crippen molar-refractivity contribution in [1.82, 2.24) is 0 Å². The molecule has 34 heavy (non-hydrogen) atoms. The van der Waals surface area contributed by atoms with Crippen molar-refractivity contribution in [2.75, 3.05) is 4.90 Å². The molecule has 4 rings (SSSR count). The monoisotopic (exact) mass is 455 g/mol. The molecule has 2 aromatic carbocycles. The number of hydrogen-bond donors (Lipinski definition) is 2. The quantitative estimate of drug-likeness (QED) is 0.556. The van der Waals surface area contributed by atoms with Gasteiger partial charge in [0.05, 0.1) is 6.54 Å². The summed E-state index contributed by atoms with van der Waals surface area (Å²) in [6.07, 6.45) is 13.1. The number of aromatic hydroxyl groups is 1. The molecule has 174 valence electrons. The summed E-state index contributed by atoms with van der Waals surface area (Å²) in [4.78, 5) is 26.7. The van der Waals surface area contributed by atoms with Crippen LogP contribution in [0.5, 0.6) is 5.75 Å². The van der Waals surface area contributed by atoms with E-state index in [4.69, 9.17) is 0 Å². The zero-order valence-corrected chi connectivity index (χ0v) is 19.2. The minimum Gasteiger partial charge on any atom is -0.507 e. The minimum atomic E-state index is -1.23. The molecule has 2 aliphatic rings. The summed E-state index contributed by atoms with van der Waals surface area (Å²) in [5.74, 6) is 4.82. The van der Waals surface area contributed by atoms with Gasteiger partial charge in [-0.15, -0.1) is 0 Å². The molecule has 0 radical (unpaired) electrons. The van der Waals surface area contributed by atoms with Crippen molar-refractivity contribution in [2.45, 2.75) is 51.5 Å². The van der Waals surface area contributed by atoms with Crippen molar-refractivity contribution in [3.63, 3.8) is 0 Å². The lowest BCUT2D eigenvalue weighted by molar-refractivity contribution is -0.123. The van der Waals surface area contributed by atoms with Crippen LogP contribution in [0.3, 0.4) is 0 Å². The summed E-state index contributed by atoms with van der Waals surface area (Å²) in [7, 11) is 0. The number of rotatable bonds is 5. The maximum absolute atomic E-state index is 13.5. The van der Waals surface area contributed by atoms with Crippen LogP contribution in [0.15, 0.2) is 66.3 Å². The van der Waals surface area contributed by atoms with Crippen molar-refractivity contribution in [3.05, 3.63) is 83.0 Å². The highest BCUT2D eigenvalue weighted by Gasteiger charge is 2.28. The summed E-state index contributed by atoms with van der Waals surface area (Å²) < 4.78 is 0. The fourth-order valence-electron chi connectivity index (χ4n) is 4.46. The maximum atomic E-state index is 13.5. The van der Waals surface area contributed by atoms with Gasteiger partial charge in [0.15, 0.2) is 0 Å². The molecule has 0 atom stereocenters. The van der Waals surface area contributed by atoms with Gasteiger partial charge in [-0.1, -0.05) is 61.5 Å². The first-order chi connectivity index (χ1) is 16.5.